The monoisotopic (exact) mass is 1920 g/mol. The Morgan fingerprint density at radius 2 is 0.427 bits per heavy atom. The Labute approximate surface area is 873 Å². The summed E-state index contributed by atoms with van der Waals surface area (Å²) in [6.07, 6.45) is 0. The van der Waals surface area contributed by atoms with Crippen LogP contribution in [0.5, 0.6) is 0 Å². The molecule has 29 rings (SSSR count). The van der Waals surface area contributed by atoms with E-state index in [0.717, 1.165) is 68.2 Å². The highest BCUT2D eigenvalue weighted by Crippen LogP contribution is 2.55. The molecule has 6 nitrogen and oxygen atoms in total. The largest absolute Gasteiger partial charge is 0.311 e. The third-order valence-electron chi connectivity index (χ3n) is 31.3. The van der Waals surface area contributed by atoms with Gasteiger partial charge in [0.1, 0.15) is 0 Å². The van der Waals surface area contributed by atoms with Gasteiger partial charge in [0.05, 0.1) is 33.1 Å². The fraction of sp³-hybridized carbons (Fsp3) is 0.0417. The maximum Gasteiger partial charge on any atom is 0.0547 e. The second-order valence-electron chi connectivity index (χ2n) is 40.7. The molecule has 0 atom stereocenters. The maximum atomic E-state index is 2.40. The molecule has 2 aliphatic carbocycles. The molecule has 3 aromatic heterocycles. The Kier molecular flexibility index (Phi) is 22.2. The van der Waals surface area contributed by atoms with E-state index < -0.39 is 0 Å². The highest BCUT2D eigenvalue weighted by molar-refractivity contribution is 6.21. The lowest BCUT2D eigenvalue weighted by molar-refractivity contribution is 0.660. The van der Waals surface area contributed by atoms with Crippen LogP contribution < -0.4 is 14.7 Å². The fourth-order valence-corrected chi connectivity index (χ4v) is 23.9. The van der Waals surface area contributed by atoms with Crippen molar-refractivity contribution in [1.82, 2.24) is 13.7 Å². The molecule has 3 heterocycles. The van der Waals surface area contributed by atoms with Crippen LogP contribution in [0.4, 0.5) is 51.2 Å². The summed E-state index contributed by atoms with van der Waals surface area (Å²) in [5, 5.41) is 15.3. The molecule has 27 aromatic rings. The van der Waals surface area contributed by atoms with Crippen LogP contribution in [0.2, 0.25) is 0 Å². The summed E-state index contributed by atoms with van der Waals surface area (Å²) < 4.78 is 7.13. The summed E-state index contributed by atoms with van der Waals surface area (Å²) in [5.74, 6) is 0. The predicted octanol–water partition coefficient (Wildman–Crippen LogP) is 39.5. The first-order valence-corrected chi connectivity index (χ1v) is 52.0. The second kappa shape index (κ2) is 37.2. The molecular weight excluding hydrogens is 1810 g/mol. The molecule has 0 fully saturated rings. The van der Waals surface area contributed by atoms with Gasteiger partial charge in [-0.1, -0.05) is 386 Å². The van der Waals surface area contributed by atoms with Crippen LogP contribution in [0.3, 0.4) is 0 Å². The summed E-state index contributed by atoms with van der Waals surface area (Å²) >= 11 is 0. The third-order valence-corrected chi connectivity index (χ3v) is 31.3. The fourth-order valence-electron chi connectivity index (χ4n) is 23.9. The van der Waals surface area contributed by atoms with Crippen LogP contribution in [0.1, 0.15) is 49.9 Å². The van der Waals surface area contributed by atoms with Gasteiger partial charge in [-0.3, -0.25) is 0 Å². The topological polar surface area (TPSA) is 24.5 Å². The number of para-hydroxylation sites is 7. The molecule has 0 N–H and O–H groups in total. The van der Waals surface area contributed by atoms with Crippen molar-refractivity contribution in [3.8, 4) is 83.8 Å². The van der Waals surface area contributed by atoms with Crippen molar-refractivity contribution in [2.24, 2.45) is 0 Å². The van der Waals surface area contributed by atoms with Gasteiger partial charge in [0.2, 0.25) is 0 Å². The average molecular weight is 1920 g/mol. The standard InChI is InChI=1S/C51H38N2.C49H36N2.C44H30N2/c1-51(2)47-17-9-6-14-43(47)44-33-32-42(34-48(44)51)52(39-26-20-36(21-27-39)35-12-4-3-5-13-35)40-28-22-37(23-29-40)38-24-30-41(31-25-38)53-49-18-10-7-15-45(49)46-16-8-11-19-50(46)53;1-49(2)45-29-28-40(32-44(45)43-30-35-12-6-7-13-36(35)31-46(43)49)50(37-14-4-3-5-15-37)38-24-20-33(21-25-38)34-22-26-39(27-23-34)51-47-18-10-8-16-41(47)42-17-9-11-19-48(42)51;1-2-13-36(14-3-1)45(37-23-20-32(21-24-37)35-19-18-31-10-4-5-12-34(31)30-35)38-25-27-39(28-26-38)46-42-17-9-8-16-41(42)44-40-15-7-6-11-33(40)22-29-43(44)46/h3-34H,1-2H3;3-32H,1-2H3;1-30H. The van der Waals surface area contributed by atoms with Crippen LogP contribution in [0.15, 0.2) is 558 Å². The number of nitrogens with zero attached hydrogens (tertiary/aromatic N) is 6. The molecule has 0 spiro atoms. The van der Waals surface area contributed by atoms with Gasteiger partial charge >= 0.3 is 0 Å². The minimum Gasteiger partial charge on any atom is -0.311 e. The van der Waals surface area contributed by atoms with Gasteiger partial charge in [-0.2, -0.15) is 0 Å². The summed E-state index contributed by atoms with van der Waals surface area (Å²) in [6.45, 7) is 9.41. The van der Waals surface area contributed by atoms with E-state index in [1.165, 1.54) is 187 Å². The van der Waals surface area contributed by atoms with Crippen molar-refractivity contribution < 1.29 is 0 Å². The molecule has 0 saturated heterocycles. The Bertz CT molecular complexity index is 9720. The van der Waals surface area contributed by atoms with E-state index in [-0.39, 0.29) is 10.8 Å². The Hall–Kier alpha value is -19.1. The Morgan fingerprint density at radius 3 is 0.907 bits per heavy atom. The molecular formula is C144H104N6. The number of rotatable bonds is 16. The van der Waals surface area contributed by atoms with Gasteiger partial charge in [-0.15, -0.1) is 0 Å². The van der Waals surface area contributed by atoms with E-state index in [0.29, 0.717) is 0 Å². The molecule has 0 aliphatic heterocycles. The van der Waals surface area contributed by atoms with Gasteiger partial charge in [-0.25, -0.2) is 0 Å². The van der Waals surface area contributed by atoms with E-state index in [1.54, 1.807) is 0 Å². The first-order valence-electron chi connectivity index (χ1n) is 52.0. The van der Waals surface area contributed by atoms with E-state index in [2.05, 4.69) is 614 Å². The second-order valence-corrected chi connectivity index (χ2v) is 40.7. The van der Waals surface area contributed by atoms with Crippen LogP contribution in [-0.2, 0) is 10.8 Å². The molecule has 2 aliphatic rings. The van der Waals surface area contributed by atoms with Crippen LogP contribution in [-0.4, -0.2) is 13.7 Å². The van der Waals surface area contributed by atoms with Crippen molar-refractivity contribution in [3.05, 3.63) is 580 Å². The van der Waals surface area contributed by atoms with Gasteiger partial charge in [0, 0.05) is 111 Å². The average Bonchev–Trinajstić information content (AvgIpc) is 1.56. The lowest BCUT2D eigenvalue weighted by Gasteiger charge is -2.28. The van der Waals surface area contributed by atoms with Crippen molar-refractivity contribution in [2.75, 3.05) is 14.7 Å². The highest BCUT2D eigenvalue weighted by atomic mass is 15.2. The quantitative estimate of drug-likeness (QED) is 0.0964. The van der Waals surface area contributed by atoms with Gasteiger partial charge in [-0.05, 0) is 322 Å². The molecule has 6 heteroatoms. The Balaban J connectivity index is 0.000000111. The minimum absolute atomic E-state index is 0.0659. The summed E-state index contributed by atoms with van der Waals surface area (Å²) in [4.78, 5) is 7.10. The van der Waals surface area contributed by atoms with Crippen molar-refractivity contribution in [1.29, 1.82) is 0 Å². The zero-order chi connectivity index (χ0) is 100. The zero-order valence-electron chi connectivity index (χ0n) is 83.8. The Morgan fingerprint density at radius 1 is 0.147 bits per heavy atom. The molecule has 0 radical (unpaired) electrons. The number of aromatic nitrogens is 3. The molecule has 150 heavy (non-hydrogen) atoms. The predicted molar refractivity (Wildman–Crippen MR) is 636 cm³/mol. The van der Waals surface area contributed by atoms with E-state index in [9.17, 15) is 0 Å². The molecule has 710 valence electrons. The summed E-state index contributed by atoms with van der Waals surface area (Å²) in [7, 11) is 0. The van der Waals surface area contributed by atoms with Crippen LogP contribution in [0.25, 0.3) is 182 Å². The van der Waals surface area contributed by atoms with E-state index in [4.69, 9.17) is 0 Å². The van der Waals surface area contributed by atoms with Gasteiger partial charge in [0.25, 0.3) is 0 Å². The number of fused-ring (bicyclic) bond motifs is 19. The SMILES string of the molecule is CC1(C)c2ccc(N(c3ccccc3)c3ccc(-c4ccc(-n5c6ccccc6c6ccccc65)cc4)cc3)cc2-c2cc3ccccc3cc21.CC1(C)c2ccccc2-c2ccc(N(c3ccc(-c4ccccc4)cc3)c3ccc(-c4ccc(-n5c6ccccc6c6ccccc65)cc4)cc3)cc21.c1ccc(N(c2ccc(-c3ccc4ccccc4c3)cc2)c2ccc(-n3c4ccccc4c4c5ccccc5ccc43)cc2)cc1. The third kappa shape index (κ3) is 15.7. The highest BCUT2D eigenvalue weighted by Gasteiger charge is 2.38. The number of hydrogen-bond donors (Lipinski definition) is 0. The maximum absolute atomic E-state index is 2.40. The zero-order valence-corrected chi connectivity index (χ0v) is 83.8. The molecule has 0 unspecified atom stereocenters. The normalized spacial score (nSPS) is 12.5. The molecule has 0 saturated carbocycles. The van der Waals surface area contributed by atoms with Crippen LogP contribution >= 0.6 is 0 Å². The van der Waals surface area contributed by atoms with Gasteiger partial charge < -0.3 is 28.4 Å². The van der Waals surface area contributed by atoms with E-state index in [1.807, 2.05) is 0 Å². The number of hydrogen-bond acceptors (Lipinski definition) is 3. The first kappa shape index (κ1) is 89.7. The molecule has 0 amide bonds. The minimum atomic E-state index is -0.0833. The van der Waals surface area contributed by atoms with Crippen molar-refractivity contribution in [2.45, 2.75) is 38.5 Å². The summed E-state index contributed by atoms with van der Waals surface area (Å²) in [5.41, 5.74) is 41.3. The smallest absolute Gasteiger partial charge is 0.0547 e. The number of benzene rings is 24. The van der Waals surface area contributed by atoms with Crippen LogP contribution in [0, 0.1) is 0 Å². The van der Waals surface area contributed by atoms with Crippen molar-refractivity contribution in [3.63, 3.8) is 0 Å². The van der Waals surface area contributed by atoms with E-state index >= 15 is 0 Å². The molecule has 24 aromatic carbocycles. The molecule has 0 bridgehead atoms. The lowest BCUT2D eigenvalue weighted by atomic mass is 9.82. The lowest BCUT2D eigenvalue weighted by Crippen LogP contribution is -2.16. The van der Waals surface area contributed by atoms with Gasteiger partial charge in [0.15, 0.2) is 0 Å². The van der Waals surface area contributed by atoms with Crippen molar-refractivity contribution >= 4 is 149 Å². The first-order chi connectivity index (χ1) is 73.9. The number of anilines is 9. The summed E-state index contributed by atoms with van der Waals surface area (Å²) in [6, 6.07) is 203.